The number of hydrogen-bond acceptors (Lipinski definition) is 14. The van der Waals surface area contributed by atoms with Crippen LogP contribution in [0.15, 0.2) is 48.6 Å². The molecule has 0 aliphatic heterocycles. The fourth-order valence-corrected chi connectivity index (χ4v) is 3.15. The number of aliphatic carboxylic acids is 2. The predicted molar refractivity (Wildman–Crippen MR) is 145 cm³/mol. The summed E-state index contributed by atoms with van der Waals surface area (Å²) in [5, 5.41) is 19.0. The molecule has 0 radical (unpaired) electrons. The van der Waals surface area contributed by atoms with E-state index in [9.17, 15) is 39.0 Å². The Morgan fingerprint density at radius 1 is 0.591 bits per heavy atom. The van der Waals surface area contributed by atoms with Gasteiger partial charge in [0.2, 0.25) is 12.2 Å². The van der Waals surface area contributed by atoms with Crippen LogP contribution in [-0.4, -0.2) is 87.0 Å². The van der Waals surface area contributed by atoms with Crippen molar-refractivity contribution in [2.75, 3.05) is 28.4 Å². The summed E-state index contributed by atoms with van der Waals surface area (Å²) in [5.41, 5.74) is 0.631. The van der Waals surface area contributed by atoms with Crippen molar-refractivity contribution in [1.82, 2.24) is 0 Å². The summed E-state index contributed by atoms with van der Waals surface area (Å²) >= 11 is 0. The molecule has 0 fully saturated rings. The third kappa shape index (κ3) is 10.1. The standard InChI is InChI=1S/C28H26O16/c1-37-19-13-15(5-9-17(19)41-27(35)39-3)7-11-21(29)43-23(25(31)32)24(26(33)34)44-22(30)12-8-16-6-10-18(20(14-16)38-2)42-28(36)40-4/h5-14,23-24H,1-4H3,(H,31,32)(H,33,34)/b11-7+,12-8+/t23-,24-/m0/s1. The average Bonchev–Trinajstić information content (AvgIpc) is 3.00. The second-order valence-corrected chi connectivity index (χ2v) is 7.99. The molecule has 0 bridgehead atoms. The SMILES string of the molecule is COC(=O)Oc1ccc(/C=C/C(=O)O[C@H](C(=O)O)[C@H](OC(=O)/C=C/c2ccc(OC(=O)OC)c(OC)c2)C(=O)O)cc1OC. The molecule has 16 heteroatoms. The van der Waals surface area contributed by atoms with E-state index in [-0.39, 0.29) is 23.0 Å². The van der Waals surface area contributed by atoms with E-state index in [1.165, 1.54) is 62.8 Å². The molecule has 0 aliphatic rings. The summed E-state index contributed by atoms with van der Waals surface area (Å²) in [6.45, 7) is 0. The Kier molecular flexibility index (Phi) is 12.7. The maximum Gasteiger partial charge on any atom is 0.513 e. The van der Waals surface area contributed by atoms with Crippen LogP contribution in [0.25, 0.3) is 12.2 Å². The highest BCUT2D eigenvalue weighted by atomic mass is 16.7. The van der Waals surface area contributed by atoms with E-state index in [0.717, 1.165) is 26.4 Å². The maximum absolute atomic E-state index is 12.3. The minimum Gasteiger partial charge on any atom is -0.493 e. The lowest BCUT2D eigenvalue weighted by Gasteiger charge is -2.19. The normalized spacial score (nSPS) is 12.0. The van der Waals surface area contributed by atoms with Crippen LogP contribution in [0.5, 0.6) is 23.0 Å². The zero-order valence-electron chi connectivity index (χ0n) is 23.5. The van der Waals surface area contributed by atoms with Gasteiger partial charge in [-0.05, 0) is 47.5 Å². The predicted octanol–water partition coefficient (Wildman–Crippen LogP) is 2.71. The Hall–Kier alpha value is -6.06. The Bertz CT molecular complexity index is 1350. The van der Waals surface area contributed by atoms with Gasteiger partial charge in [0.05, 0.1) is 28.4 Å². The summed E-state index contributed by atoms with van der Waals surface area (Å²) in [5.74, 6) is -6.20. The van der Waals surface area contributed by atoms with Crippen molar-refractivity contribution in [1.29, 1.82) is 0 Å². The van der Waals surface area contributed by atoms with Crippen molar-refractivity contribution in [3.8, 4) is 23.0 Å². The molecule has 0 saturated heterocycles. The van der Waals surface area contributed by atoms with Crippen LogP contribution in [0.2, 0.25) is 0 Å². The molecule has 0 aliphatic carbocycles. The van der Waals surface area contributed by atoms with E-state index in [2.05, 4.69) is 9.47 Å². The minimum atomic E-state index is -2.43. The quantitative estimate of drug-likeness (QED) is 0.143. The summed E-state index contributed by atoms with van der Waals surface area (Å²) in [4.78, 5) is 70.9. The van der Waals surface area contributed by atoms with Crippen LogP contribution in [-0.2, 0) is 38.1 Å². The lowest BCUT2D eigenvalue weighted by atomic mass is 10.1. The van der Waals surface area contributed by atoms with Gasteiger partial charge in [0.15, 0.2) is 23.0 Å². The number of ether oxygens (including phenoxy) is 8. The first-order valence-corrected chi connectivity index (χ1v) is 12.0. The minimum absolute atomic E-state index is 0.00826. The maximum atomic E-state index is 12.3. The largest absolute Gasteiger partial charge is 0.513 e. The number of rotatable bonds is 13. The lowest BCUT2D eigenvalue weighted by Crippen LogP contribution is -2.45. The van der Waals surface area contributed by atoms with Gasteiger partial charge in [-0.2, -0.15) is 0 Å². The molecule has 2 rings (SSSR count). The average molecular weight is 619 g/mol. The number of esters is 2. The molecule has 2 aromatic carbocycles. The van der Waals surface area contributed by atoms with Gasteiger partial charge >= 0.3 is 36.2 Å². The highest BCUT2D eigenvalue weighted by Gasteiger charge is 2.40. The van der Waals surface area contributed by atoms with Crippen LogP contribution < -0.4 is 18.9 Å². The van der Waals surface area contributed by atoms with Gasteiger partial charge in [-0.1, -0.05) is 12.1 Å². The highest BCUT2D eigenvalue weighted by molar-refractivity contribution is 5.93. The van der Waals surface area contributed by atoms with Crippen LogP contribution in [0.1, 0.15) is 11.1 Å². The molecular weight excluding hydrogens is 592 g/mol. The number of carbonyl (C=O) groups is 6. The van der Waals surface area contributed by atoms with Gasteiger partial charge in [-0.3, -0.25) is 0 Å². The number of carbonyl (C=O) groups excluding carboxylic acids is 4. The Labute approximate surface area is 248 Å². The fourth-order valence-electron chi connectivity index (χ4n) is 3.15. The Morgan fingerprint density at radius 2 is 0.955 bits per heavy atom. The fraction of sp³-hybridized carbons (Fsp3) is 0.214. The van der Waals surface area contributed by atoms with Crippen LogP contribution in [0, 0.1) is 0 Å². The molecule has 16 nitrogen and oxygen atoms in total. The molecule has 2 atom stereocenters. The summed E-state index contributed by atoms with van der Waals surface area (Å²) in [7, 11) is 4.80. The number of benzene rings is 2. The van der Waals surface area contributed by atoms with Crippen molar-refractivity contribution in [3.05, 3.63) is 59.7 Å². The second-order valence-electron chi connectivity index (χ2n) is 7.99. The number of methoxy groups -OCH3 is 4. The molecule has 2 aromatic rings. The first-order valence-electron chi connectivity index (χ1n) is 12.0. The van der Waals surface area contributed by atoms with Crippen molar-refractivity contribution in [2.24, 2.45) is 0 Å². The van der Waals surface area contributed by atoms with Crippen molar-refractivity contribution in [2.45, 2.75) is 12.2 Å². The third-order valence-corrected chi connectivity index (χ3v) is 5.17. The molecule has 0 aromatic heterocycles. The van der Waals surface area contributed by atoms with E-state index in [1.807, 2.05) is 0 Å². The molecule has 234 valence electrons. The molecule has 0 spiro atoms. The molecule has 0 amide bonds. The zero-order chi connectivity index (χ0) is 32.8. The molecule has 0 unspecified atom stereocenters. The Balaban J connectivity index is 2.14. The second kappa shape index (κ2) is 16.4. The van der Waals surface area contributed by atoms with Crippen LogP contribution in [0.4, 0.5) is 9.59 Å². The van der Waals surface area contributed by atoms with Crippen LogP contribution in [0.3, 0.4) is 0 Å². The molecule has 2 N–H and O–H groups in total. The van der Waals surface area contributed by atoms with Gasteiger partial charge in [0.1, 0.15) is 0 Å². The van der Waals surface area contributed by atoms with E-state index in [1.54, 1.807) is 0 Å². The summed E-state index contributed by atoms with van der Waals surface area (Å²) < 4.78 is 38.3. The van der Waals surface area contributed by atoms with E-state index < -0.39 is 48.4 Å². The third-order valence-electron chi connectivity index (χ3n) is 5.17. The Morgan fingerprint density at radius 3 is 1.25 bits per heavy atom. The molecule has 44 heavy (non-hydrogen) atoms. The smallest absolute Gasteiger partial charge is 0.493 e. The highest BCUT2D eigenvalue weighted by Crippen LogP contribution is 2.30. The molecule has 0 saturated carbocycles. The van der Waals surface area contributed by atoms with E-state index >= 15 is 0 Å². The zero-order valence-corrected chi connectivity index (χ0v) is 23.5. The molecular formula is C28H26O16. The van der Waals surface area contributed by atoms with Gasteiger partial charge in [0.25, 0.3) is 0 Å². The lowest BCUT2D eigenvalue weighted by molar-refractivity contribution is -0.183. The summed E-state index contributed by atoms with van der Waals surface area (Å²) in [6.07, 6.45) is -2.94. The van der Waals surface area contributed by atoms with Crippen molar-refractivity contribution < 1.29 is 76.9 Å². The first-order chi connectivity index (χ1) is 20.9. The van der Waals surface area contributed by atoms with Gasteiger partial charge in [-0.25, -0.2) is 28.8 Å². The summed E-state index contributed by atoms with van der Waals surface area (Å²) in [6, 6.07) is 8.19. The van der Waals surface area contributed by atoms with Crippen molar-refractivity contribution >= 4 is 48.3 Å². The van der Waals surface area contributed by atoms with Gasteiger partial charge in [0, 0.05) is 12.2 Å². The first kappa shape index (κ1) is 34.1. The van der Waals surface area contributed by atoms with E-state index in [0.29, 0.717) is 11.1 Å². The number of hydrogen-bond donors (Lipinski definition) is 2. The van der Waals surface area contributed by atoms with Crippen molar-refractivity contribution in [3.63, 3.8) is 0 Å². The van der Waals surface area contributed by atoms with E-state index in [4.69, 9.17) is 28.4 Å². The van der Waals surface area contributed by atoms with Gasteiger partial charge < -0.3 is 48.1 Å². The van der Waals surface area contributed by atoms with Crippen LogP contribution >= 0.6 is 0 Å². The monoisotopic (exact) mass is 618 g/mol. The molecule has 0 heterocycles. The number of carboxylic acid groups (broad SMARTS) is 2. The topological polar surface area (TPSA) is 217 Å². The number of carboxylic acids is 2. The van der Waals surface area contributed by atoms with Gasteiger partial charge in [-0.15, -0.1) is 0 Å².